The second-order valence-corrected chi connectivity index (χ2v) is 19.8. The molecule has 1 heteroatoms. The molecule has 3 atom stereocenters. The number of fused-ring (bicyclic) bond motifs is 11. The molecule has 0 heterocycles. The molecule has 1 spiro atoms. The fourth-order valence-corrected chi connectivity index (χ4v) is 11.5. The first-order valence-electron chi connectivity index (χ1n) is 20.8. The molecular formula is C54H55N. The Morgan fingerprint density at radius 2 is 1.07 bits per heavy atom. The van der Waals surface area contributed by atoms with E-state index >= 15 is 0 Å². The SMILES string of the molecule is CC(C)(C)c1cc(N(c2ccc3c(c2)C2(CC4CCC2C4)c2ccccc2-3)c2ccccc2-c2cccc3c2C(C)(C)c2ccccc2-3)cc(C(C)(C)C)c1. The summed E-state index contributed by atoms with van der Waals surface area (Å²) in [5, 5.41) is 0. The normalized spacial score (nSPS) is 21.4. The summed E-state index contributed by atoms with van der Waals surface area (Å²) < 4.78 is 0. The molecule has 4 aliphatic carbocycles. The van der Waals surface area contributed by atoms with Crippen molar-refractivity contribution in [2.45, 2.75) is 103 Å². The van der Waals surface area contributed by atoms with Crippen LogP contribution < -0.4 is 4.90 Å². The third-order valence-electron chi connectivity index (χ3n) is 14.2. The van der Waals surface area contributed by atoms with E-state index in [2.05, 4.69) is 188 Å². The van der Waals surface area contributed by atoms with Crippen molar-refractivity contribution in [1.29, 1.82) is 0 Å². The summed E-state index contributed by atoms with van der Waals surface area (Å²) in [7, 11) is 0. The standard InChI is InChI=1S/C54H55N/c1-51(2,3)36-29-37(52(4,5)6)31-39(30-36)55(38-26-27-42-40-16-10-13-22-47(40)54(48(42)32-38)33-34-24-25-35(54)28-34)49-23-14-11-18-43(49)45-20-15-19-44-41-17-9-12-21-46(41)53(7,8)50(44)45/h9-23,26-27,29-32,34-35H,24-25,28,33H2,1-8H3. The second-order valence-electron chi connectivity index (χ2n) is 19.8. The lowest BCUT2D eigenvalue weighted by atomic mass is 9.67. The molecule has 6 aromatic carbocycles. The summed E-state index contributed by atoms with van der Waals surface area (Å²) >= 11 is 0. The minimum atomic E-state index is -0.125. The zero-order valence-corrected chi connectivity index (χ0v) is 34.1. The largest absolute Gasteiger partial charge is 0.310 e. The highest BCUT2D eigenvalue weighted by atomic mass is 15.1. The van der Waals surface area contributed by atoms with E-state index in [1.165, 1.54) is 98.4 Å². The number of hydrogen-bond donors (Lipinski definition) is 0. The fourth-order valence-electron chi connectivity index (χ4n) is 11.5. The van der Waals surface area contributed by atoms with Crippen LogP contribution in [-0.2, 0) is 21.7 Å². The van der Waals surface area contributed by atoms with E-state index in [0.29, 0.717) is 5.92 Å². The quantitative estimate of drug-likeness (QED) is 0.175. The van der Waals surface area contributed by atoms with E-state index in [1.807, 2.05) is 0 Å². The predicted molar refractivity (Wildman–Crippen MR) is 233 cm³/mol. The third-order valence-corrected chi connectivity index (χ3v) is 14.2. The van der Waals surface area contributed by atoms with Crippen LogP contribution in [0.5, 0.6) is 0 Å². The molecule has 1 nitrogen and oxygen atoms in total. The maximum atomic E-state index is 2.63. The number of hydrogen-bond acceptors (Lipinski definition) is 1. The molecule has 276 valence electrons. The zero-order chi connectivity index (χ0) is 38.1. The highest BCUT2D eigenvalue weighted by Gasteiger charge is 2.56. The van der Waals surface area contributed by atoms with Gasteiger partial charge in [0, 0.05) is 27.8 Å². The van der Waals surface area contributed by atoms with Gasteiger partial charge in [0.1, 0.15) is 0 Å². The summed E-state index contributed by atoms with van der Waals surface area (Å²) in [6.07, 6.45) is 5.38. The van der Waals surface area contributed by atoms with E-state index < -0.39 is 0 Å². The Kier molecular flexibility index (Phi) is 7.43. The summed E-state index contributed by atoms with van der Waals surface area (Å²) in [5.41, 5.74) is 20.6. The van der Waals surface area contributed by atoms with Crippen molar-refractivity contribution in [1.82, 2.24) is 0 Å². The van der Waals surface area contributed by atoms with Gasteiger partial charge in [-0.05, 0) is 133 Å². The molecule has 0 saturated heterocycles. The van der Waals surface area contributed by atoms with Crippen molar-refractivity contribution in [3.63, 3.8) is 0 Å². The van der Waals surface area contributed by atoms with Crippen LogP contribution in [0, 0.1) is 11.8 Å². The Morgan fingerprint density at radius 3 is 1.71 bits per heavy atom. The highest BCUT2D eigenvalue weighted by molar-refractivity contribution is 5.95. The van der Waals surface area contributed by atoms with E-state index in [9.17, 15) is 0 Å². The fraction of sp³-hybridized carbons (Fsp3) is 0.333. The van der Waals surface area contributed by atoms with Crippen LogP contribution in [0.25, 0.3) is 33.4 Å². The molecule has 0 aliphatic heterocycles. The van der Waals surface area contributed by atoms with Gasteiger partial charge in [-0.1, -0.05) is 159 Å². The van der Waals surface area contributed by atoms with Crippen LogP contribution in [0.1, 0.15) is 114 Å². The zero-order valence-electron chi connectivity index (χ0n) is 34.1. The van der Waals surface area contributed by atoms with E-state index in [1.54, 1.807) is 11.1 Å². The number of rotatable bonds is 4. The Labute approximate surface area is 329 Å². The van der Waals surface area contributed by atoms with Crippen molar-refractivity contribution in [3.05, 3.63) is 161 Å². The molecule has 55 heavy (non-hydrogen) atoms. The molecule has 2 saturated carbocycles. The number of nitrogens with zero attached hydrogens (tertiary/aromatic N) is 1. The molecule has 0 radical (unpaired) electrons. The molecule has 2 fully saturated rings. The second kappa shape index (κ2) is 11.8. The summed E-state index contributed by atoms with van der Waals surface area (Å²) in [6, 6.07) is 49.6. The van der Waals surface area contributed by atoms with Gasteiger partial charge in [-0.3, -0.25) is 0 Å². The van der Waals surface area contributed by atoms with Gasteiger partial charge in [0.15, 0.2) is 0 Å². The Balaban J connectivity index is 1.25. The first-order valence-corrected chi connectivity index (χ1v) is 20.8. The highest BCUT2D eigenvalue weighted by Crippen LogP contribution is 2.66. The lowest BCUT2D eigenvalue weighted by Gasteiger charge is -2.37. The van der Waals surface area contributed by atoms with Crippen molar-refractivity contribution < 1.29 is 0 Å². The smallest absolute Gasteiger partial charge is 0.0540 e. The van der Waals surface area contributed by atoms with Crippen molar-refractivity contribution in [2.75, 3.05) is 4.90 Å². The van der Waals surface area contributed by atoms with Crippen molar-refractivity contribution in [2.24, 2.45) is 11.8 Å². The van der Waals surface area contributed by atoms with Crippen molar-refractivity contribution in [3.8, 4) is 33.4 Å². The molecule has 3 unspecified atom stereocenters. The molecule has 6 aromatic rings. The number of benzene rings is 6. The molecule has 0 N–H and O–H groups in total. The molecule has 2 bridgehead atoms. The molecule has 0 aromatic heterocycles. The first kappa shape index (κ1) is 34.6. The van der Waals surface area contributed by atoms with E-state index in [-0.39, 0.29) is 21.7 Å². The van der Waals surface area contributed by atoms with Crippen molar-refractivity contribution >= 4 is 17.1 Å². The lowest BCUT2D eigenvalue weighted by Crippen LogP contribution is -2.32. The Morgan fingerprint density at radius 1 is 0.509 bits per heavy atom. The van der Waals surface area contributed by atoms with Gasteiger partial charge in [-0.2, -0.15) is 0 Å². The lowest BCUT2D eigenvalue weighted by molar-refractivity contribution is 0.327. The minimum absolute atomic E-state index is 0.00995. The molecular weight excluding hydrogens is 663 g/mol. The van der Waals surface area contributed by atoms with Crippen LogP contribution in [0.3, 0.4) is 0 Å². The van der Waals surface area contributed by atoms with E-state index in [0.717, 1.165) is 5.92 Å². The van der Waals surface area contributed by atoms with Crippen LogP contribution in [0.15, 0.2) is 127 Å². The topological polar surface area (TPSA) is 3.24 Å². The van der Waals surface area contributed by atoms with Crippen LogP contribution in [0.4, 0.5) is 17.1 Å². The van der Waals surface area contributed by atoms with Gasteiger partial charge in [-0.15, -0.1) is 0 Å². The molecule has 10 rings (SSSR count). The number of para-hydroxylation sites is 1. The average Bonchev–Trinajstić information content (AvgIpc) is 3.91. The summed E-state index contributed by atoms with van der Waals surface area (Å²) in [6.45, 7) is 19.0. The maximum absolute atomic E-state index is 2.63. The summed E-state index contributed by atoms with van der Waals surface area (Å²) in [4.78, 5) is 2.62. The van der Waals surface area contributed by atoms with Gasteiger partial charge >= 0.3 is 0 Å². The summed E-state index contributed by atoms with van der Waals surface area (Å²) in [5.74, 6) is 1.54. The van der Waals surface area contributed by atoms with E-state index in [4.69, 9.17) is 0 Å². The third kappa shape index (κ3) is 5.04. The van der Waals surface area contributed by atoms with Gasteiger partial charge in [0.2, 0.25) is 0 Å². The van der Waals surface area contributed by atoms with Gasteiger partial charge < -0.3 is 4.90 Å². The first-order chi connectivity index (χ1) is 26.3. The van der Waals surface area contributed by atoms with Crippen LogP contribution >= 0.6 is 0 Å². The minimum Gasteiger partial charge on any atom is -0.310 e. The van der Waals surface area contributed by atoms with Gasteiger partial charge in [-0.25, -0.2) is 0 Å². The Bertz CT molecular complexity index is 2480. The molecule has 0 amide bonds. The Hall–Kier alpha value is -4.88. The van der Waals surface area contributed by atoms with Crippen LogP contribution in [0.2, 0.25) is 0 Å². The molecule has 4 aliphatic rings. The van der Waals surface area contributed by atoms with Crippen LogP contribution in [-0.4, -0.2) is 0 Å². The monoisotopic (exact) mass is 717 g/mol. The van der Waals surface area contributed by atoms with Gasteiger partial charge in [0.05, 0.1) is 5.69 Å². The van der Waals surface area contributed by atoms with Gasteiger partial charge in [0.25, 0.3) is 0 Å². The predicted octanol–water partition coefficient (Wildman–Crippen LogP) is 14.8. The maximum Gasteiger partial charge on any atom is 0.0540 e. The number of anilines is 3. The average molecular weight is 718 g/mol.